The predicted molar refractivity (Wildman–Crippen MR) is 57.7 cm³/mol. The van der Waals surface area contributed by atoms with Gasteiger partial charge in [0.05, 0.1) is 0 Å². The van der Waals surface area contributed by atoms with E-state index in [4.69, 9.17) is 0 Å². The molecule has 1 rings (SSSR count). The first kappa shape index (κ1) is 12.0. The van der Waals surface area contributed by atoms with Crippen LogP contribution in [-0.4, -0.2) is 31.0 Å². The lowest BCUT2D eigenvalue weighted by Gasteiger charge is -2.24. The Hall–Kier alpha value is -1.04. The predicted octanol–water partition coefficient (Wildman–Crippen LogP) is 1.79. The second kappa shape index (κ2) is 4.65. The Balaban J connectivity index is 2.78. The van der Waals surface area contributed by atoms with Gasteiger partial charge in [0, 0.05) is 0 Å². The van der Waals surface area contributed by atoms with Crippen LogP contribution in [0, 0.1) is 5.92 Å². The summed E-state index contributed by atoms with van der Waals surface area (Å²) in [5.41, 5.74) is 0. The second-order valence-corrected chi connectivity index (χ2v) is 5.52. The van der Waals surface area contributed by atoms with Gasteiger partial charge in [-0.15, -0.1) is 0 Å². The fourth-order valence-electron chi connectivity index (χ4n) is 1.41. The first-order valence-corrected chi connectivity index (χ1v) is 5.53. The molecular formula is C9H15N3O2S. The fraction of sp³-hybridized carbons (Fsp3) is 0.667. The van der Waals surface area contributed by atoms with Crippen LogP contribution in [0.4, 0.5) is 0 Å². The van der Waals surface area contributed by atoms with Gasteiger partial charge in [0.2, 0.25) is 0 Å². The normalized spacial score (nSPS) is 15.2. The maximum Gasteiger partial charge on any atom is 0.319 e. The molecule has 0 fully saturated rings. The molecule has 1 atom stereocenters. The van der Waals surface area contributed by atoms with E-state index in [0.29, 0.717) is 17.5 Å². The minimum Gasteiger partial charge on any atom is -0.480 e. The molecule has 1 unspecified atom stereocenters. The number of carboxylic acid groups (broad SMARTS) is 1. The van der Waals surface area contributed by atoms with Crippen LogP contribution >= 0.6 is 11.8 Å². The van der Waals surface area contributed by atoms with E-state index in [9.17, 15) is 9.90 Å². The molecule has 1 heterocycles. The maximum atomic E-state index is 11.2. The number of rotatable bonds is 5. The number of carbonyl (C=O) groups is 1. The molecular weight excluding hydrogens is 214 g/mol. The molecule has 0 saturated heterocycles. The van der Waals surface area contributed by atoms with E-state index in [1.165, 1.54) is 18.1 Å². The summed E-state index contributed by atoms with van der Waals surface area (Å²) in [6.45, 7) is 5.72. The lowest BCUT2D eigenvalue weighted by atomic mass is 9.98. The van der Waals surface area contributed by atoms with Crippen molar-refractivity contribution in [2.75, 3.05) is 0 Å². The molecule has 0 aliphatic carbocycles. The van der Waals surface area contributed by atoms with Crippen molar-refractivity contribution in [2.45, 2.75) is 37.1 Å². The molecule has 5 nitrogen and oxygen atoms in total. The van der Waals surface area contributed by atoms with Gasteiger partial charge in [-0.3, -0.25) is 9.89 Å². The lowest BCUT2D eigenvalue weighted by molar-refractivity contribution is -0.139. The maximum absolute atomic E-state index is 11.2. The highest BCUT2D eigenvalue weighted by Gasteiger charge is 2.36. The summed E-state index contributed by atoms with van der Waals surface area (Å²) in [5.74, 6) is -0.501. The van der Waals surface area contributed by atoms with Crippen molar-refractivity contribution in [1.82, 2.24) is 15.2 Å². The van der Waals surface area contributed by atoms with Crippen molar-refractivity contribution in [2.24, 2.45) is 5.92 Å². The monoisotopic (exact) mass is 229 g/mol. The SMILES string of the molecule is CC(C)CC(C)(Sc1ncn[nH]1)C(=O)O. The molecule has 6 heteroatoms. The molecule has 0 spiro atoms. The van der Waals surface area contributed by atoms with E-state index in [2.05, 4.69) is 15.2 Å². The van der Waals surface area contributed by atoms with Gasteiger partial charge in [-0.2, -0.15) is 5.10 Å². The zero-order valence-electron chi connectivity index (χ0n) is 9.02. The Bertz CT molecular complexity index is 326. The lowest BCUT2D eigenvalue weighted by Crippen LogP contribution is -2.33. The largest absolute Gasteiger partial charge is 0.480 e. The van der Waals surface area contributed by atoms with Gasteiger partial charge in [-0.05, 0) is 19.3 Å². The summed E-state index contributed by atoms with van der Waals surface area (Å²) in [7, 11) is 0. The van der Waals surface area contributed by atoms with Crippen LogP contribution in [-0.2, 0) is 4.79 Å². The number of H-pyrrole nitrogens is 1. The Kier molecular flexibility index (Phi) is 3.73. The number of nitrogens with one attached hydrogen (secondary N) is 1. The zero-order valence-corrected chi connectivity index (χ0v) is 9.84. The minimum absolute atomic E-state index is 0.321. The number of carboxylic acids is 1. The molecule has 15 heavy (non-hydrogen) atoms. The van der Waals surface area contributed by atoms with Crippen molar-refractivity contribution in [3.05, 3.63) is 6.33 Å². The molecule has 0 aromatic carbocycles. The number of aromatic amines is 1. The van der Waals surface area contributed by atoms with Crippen LogP contribution < -0.4 is 0 Å². The van der Waals surface area contributed by atoms with Crippen LogP contribution in [0.5, 0.6) is 0 Å². The van der Waals surface area contributed by atoms with Crippen LogP contribution in [0.15, 0.2) is 11.5 Å². The summed E-state index contributed by atoms with van der Waals surface area (Å²) in [4.78, 5) is 15.1. The minimum atomic E-state index is -0.853. The number of nitrogens with zero attached hydrogens (tertiary/aromatic N) is 2. The average Bonchev–Trinajstić information content (AvgIpc) is 2.54. The molecule has 84 valence electrons. The third kappa shape index (κ3) is 3.23. The first-order valence-electron chi connectivity index (χ1n) is 4.72. The van der Waals surface area contributed by atoms with Gasteiger partial charge >= 0.3 is 5.97 Å². The average molecular weight is 229 g/mol. The van der Waals surface area contributed by atoms with Gasteiger partial charge in [0.25, 0.3) is 0 Å². The highest BCUT2D eigenvalue weighted by molar-refractivity contribution is 8.01. The van der Waals surface area contributed by atoms with Crippen LogP contribution in [0.3, 0.4) is 0 Å². The third-order valence-electron chi connectivity index (χ3n) is 1.97. The smallest absolute Gasteiger partial charge is 0.319 e. The molecule has 0 amide bonds. The molecule has 0 saturated carbocycles. The van der Waals surface area contributed by atoms with E-state index < -0.39 is 10.7 Å². The van der Waals surface area contributed by atoms with Crippen molar-refractivity contribution in [3.63, 3.8) is 0 Å². The Morgan fingerprint density at radius 1 is 1.73 bits per heavy atom. The van der Waals surface area contributed by atoms with E-state index in [0.717, 1.165) is 0 Å². The first-order chi connectivity index (χ1) is 6.94. The molecule has 0 bridgehead atoms. The van der Waals surface area contributed by atoms with Gasteiger partial charge < -0.3 is 5.11 Å². The molecule has 0 aliphatic heterocycles. The molecule has 0 aliphatic rings. The number of hydrogen-bond acceptors (Lipinski definition) is 4. The van der Waals surface area contributed by atoms with Gasteiger partial charge in [0.15, 0.2) is 5.16 Å². The van der Waals surface area contributed by atoms with Crippen molar-refractivity contribution < 1.29 is 9.90 Å². The third-order valence-corrected chi connectivity index (χ3v) is 3.15. The summed E-state index contributed by atoms with van der Waals surface area (Å²) in [6.07, 6.45) is 1.97. The van der Waals surface area contributed by atoms with E-state index >= 15 is 0 Å². The second-order valence-electron chi connectivity index (χ2n) is 4.03. The number of aromatic nitrogens is 3. The summed E-state index contributed by atoms with van der Waals surface area (Å²) in [6, 6.07) is 0. The topological polar surface area (TPSA) is 78.9 Å². The molecule has 1 aromatic heterocycles. The number of aliphatic carboxylic acids is 1. The van der Waals surface area contributed by atoms with E-state index in [1.54, 1.807) is 6.92 Å². The standard InChI is InChI=1S/C9H15N3O2S/c1-6(2)4-9(3,7(13)14)15-8-10-5-11-12-8/h5-6H,4H2,1-3H3,(H,13,14)(H,10,11,12). The Labute approximate surface area is 92.7 Å². The summed E-state index contributed by atoms with van der Waals surface area (Å²) in [5, 5.41) is 16.1. The quantitative estimate of drug-likeness (QED) is 0.752. The zero-order chi connectivity index (χ0) is 11.5. The van der Waals surface area contributed by atoms with Gasteiger partial charge in [-0.1, -0.05) is 25.6 Å². The fourth-order valence-corrected chi connectivity index (χ4v) is 2.54. The van der Waals surface area contributed by atoms with Crippen LogP contribution in [0.2, 0.25) is 0 Å². The molecule has 2 N–H and O–H groups in total. The van der Waals surface area contributed by atoms with E-state index in [-0.39, 0.29) is 0 Å². The van der Waals surface area contributed by atoms with Gasteiger partial charge in [0.1, 0.15) is 11.1 Å². The highest BCUT2D eigenvalue weighted by Crippen LogP contribution is 2.35. The van der Waals surface area contributed by atoms with Crippen LogP contribution in [0.25, 0.3) is 0 Å². The van der Waals surface area contributed by atoms with Crippen molar-refractivity contribution >= 4 is 17.7 Å². The Morgan fingerprint density at radius 3 is 2.80 bits per heavy atom. The van der Waals surface area contributed by atoms with Crippen molar-refractivity contribution in [1.29, 1.82) is 0 Å². The van der Waals surface area contributed by atoms with Gasteiger partial charge in [-0.25, -0.2) is 4.98 Å². The molecule has 0 radical (unpaired) electrons. The number of thioether (sulfide) groups is 1. The summed E-state index contributed by atoms with van der Waals surface area (Å²) < 4.78 is -0.853. The van der Waals surface area contributed by atoms with E-state index in [1.807, 2.05) is 13.8 Å². The number of hydrogen-bond donors (Lipinski definition) is 2. The summed E-state index contributed by atoms with van der Waals surface area (Å²) >= 11 is 1.21. The van der Waals surface area contributed by atoms with Crippen LogP contribution in [0.1, 0.15) is 27.2 Å². The van der Waals surface area contributed by atoms with Crippen molar-refractivity contribution in [3.8, 4) is 0 Å². The molecule has 1 aromatic rings. The Morgan fingerprint density at radius 2 is 2.40 bits per heavy atom. The highest BCUT2D eigenvalue weighted by atomic mass is 32.2.